The quantitative estimate of drug-likeness (QED) is 0.725. The van der Waals surface area contributed by atoms with Crippen molar-refractivity contribution in [2.75, 3.05) is 43.0 Å². The third-order valence-electron chi connectivity index (χ3n) is 4.67. The molecule has 1 N–H and O–H groups in total. The summed E-state index contributed by atoms with van der Waals surface area (Å²) in [6.45, 7) is 4.69. The minimum Gasteiger partial charge on any atom is -0.371 e. The second-order valence-corrected chi connectivity index (χ2v) is 5.50. The molecule has 0 aliphatic carbocycles. The second kappa shape index (κ2) is 3.39. The van der Waals surface area contributed by atoms with E-state index in [1.165, 1.54) is 30.9 Å². The van der Waals surface area contributed by atoms with Crippen molar-refractivity contribution < 1.29 is 0 Å². The van der Waals surface area contributed by atoms with Crippen LogP contribution in [-0.2, 0) is 0 Å². The molecule has 0 unspecified atom stereocenters. The zero-order valence-electron chi connectivity index (χ0n) is 10.3. The Balaban J connectivity index is 1.89. The standard InChI is InChI=1S/C14H19N3/c1-16-7-8-17-12-5-6-15-9-11(12)10-3-2-4-13(16)14(10)17/h2-4,11-12,15H,5-9H2,1H3/t11-,12-/m1/s1. The van der Waals surface area contributed by atoms with Crippen LogP contribution in [0.15, 0.2) is 18.2 Å². The molecule has 0 saturated carbocycles. The molecule has 0 spiro atoms. The van der Waals surface area contributed by atoms with Crippen molar-refractivity contribution in [1.82, 2.24) is 5.32 Å². The molecule has 3 aliphatic rings. The lowest BCUT2D eigenvalue weighted by molar-refractivity contribution is 0.402. The summed E-state index contributed by atoms with van der Waals surface area (Å²) in [5, 5.41) is 3.55. The number of likely N-dealkylation sites (N-methyl/N-ethyl adjacent to an activating group) is 1. The first-order valence-corrected chi connectivity index (χ1v) is 6.67. The van der Waals surface area contributed by atoms with E-state index in [1.54, 1.807) is 5.56 Å². The van der Waals surface area contributed by atoms with E-state index in [4.69, 9.17) is 0 Å². The summed E-state index contributed by atoms with van der Waals surface area (Å²) in [5.74, 6) is 0.713. The molecule has 4 rings (SSSR count). The van der Waals surface area contributed by atoms with Crippen LogP contribution < -0.4 is 15.1 Å². The first-order chi connectivity index (χ1) is 8.36. The Labute approximate surface area is 102 Å². The monoisotopic (exact) mass is 229 g/mol. The Bertz CT molecular complexity index is 457. The van der Waals surface area contributed by atoms with Crippen LogP contribution in [0.3, 0.4) is 0 Å². The van der Waals surface area contributed by atoms with E-state index in [-0.39, 0.29) is 0 Å². The van der Waals surface area contributed by atoms with Crippen molar-refractivity contribution >= 4 is 11.4 Å². The van der Waals surface area contributed by atoms with Gasteiger partial charge < -0.3 is 15.1 Å². The normalized spacial score (nSPS) is 30.2. The maximum atomic E-state index is 3.55. The van der Waals surface area contributed by atoms with Crippen molar-refractivity contribution in [3.63, 3.8) is 0 Å². The van der Waals surface area contributed by atoms with Crippen molar-refractivity contribution in [2.45, 2.75) is 18.4 Å². The molecule has 1 aromatic carbocycles. The Hall–Kier alpha value is -1.22. The third kappa shape index (κ3) is 1.20. The van der Waals surface area contributed by atoms with Crippen LogP contribution in [0, 0.1) is 0 Å². The van der Waals surface area contributed by atoms with Crippen molar-refractivity contribution in [3.05, 3.63) is 23.8 Å². The topological polar surface area (TPSA) is 18.5 Å². The van der Waals surface area contributed by atoms with Crippen molar-refractivity contribution in [1.29, 1.82) is 0 Å². The van der Waals surface area contributed by atoms with E-state index in [9.17, 15) is 0 Å². The molecule has 1 saturated heterocycles. The van der Waals surface area contributed by atoms with Gasteiger partial charge in [-0.05, 0) is 24.6 Å². The maximum absolute atomic E-state index is 3.55. The molecular formula is C14H19N3. The largest absolute Gasteiger partial charge is 0.371 e. The predicted molar refractivity (Wildman–Crippen MR) is 71.1 cm³/mol. The second-order valence-electron chi connectivity index (χ2n) is 5.50. The minimum absolute atomic E-state index is 0.713. The molecule has 0 amide bonds. The fourth-order valence-electron chi connectivity index (χ4n) is 3.83. The number of rotatable bonds is 0. The molecule has 3 nitrogen and oxygen atoms in total. The summed E-state index contributed by atoms with van der Waals surface area (Å²) in [5.41, 5.74) is 4.54. The first kappa shape index (κ1) is 9.77. The lowest BCUT2D eigenvalue weighted by Gasteiger charge is -2.39. The van der Waals surface area contributed by atoms with Crippen LogP contribution in [0.1, 0.15) is 17.9 Å². The molecule has 3 aliphatic heterocycles. The number of piperidine rings is 1. The summed E-state index contributed by atoms with van der Waals surface area (Å²) in [7, 11) is 2.22. The van der Waals surface area contributed by atoms with Crippen molar-refractivity contribution in [2.24, 2.45) is 0 Å². The van der Waals surface area contributed by atoms with Crippen LogP contribution >= 0.6 is 0 Å². The number of nitrogens with zero attached hydrogens (tertiary/aromatic N) is 2. The Kier molecular flexibility index (Phi) is 1.95. The highest BCUT2D eigenvalue weighted by molar-refractivity contribution is 5.80. The lowest BCUT2D eigenvalue weighted by atomic mass is 9.90. The average molecular weight is 229 g/mol. The van der Waals surface area contributed by atoms with Crippen LogP contribution in [0.5, 0.6) is 0 Å². The molecule has 3 heterocycles. The highest BCUT2D eigenvalue weighted by Gasteiger charge is 2.42. The van der Waals surface area contributed by atoms with Crippen molar-refractivity contribution in [3.8, 4) is 0 Å². The van der Waals surface area contributed by atoms with E-state index in [0.29, 0.717) is 5.92 Å². The fourth-order valence-corrected chi connectivity index (χ4v) is 3.83. The van der Waals surface area contributed by atoms with E-state index in [2.05, 4.69) is 40.4 Å². The number of para-hydroxylation sites is 1. The zero-order valence-corrected chi connectivity index (χ0v) is 10.3. The highest BCUT2D eigenvalue weighted by atomic mass is 15.3. The summed E-state index contributed by atoms with van der Waals surface area (Å²) in [4.78, 5) is 5.08. The Morgan fingerprint density at radius 2 is 2.24 bits per heavy atom. The van der Waals surface area contributed by atoms with Crippen LogP contribution in [-0.4, -0.2) is 39.3 Å². The van der Waals surface area contributed by atoms with E-state index >= 15 is 0 Å². The molecule has 17 heavy (non-hydrogen) atoms. The SMILES string of the molecule is CN1CCN2c3c(cccc31)[C@H]1CNCC[C@H]12. The molecule has 3 heteroatoms. The number of anilines is 2. The van der Waals surface area contributed by atoms with Gasteiger partial charge in [0.15, 0.2) is 0 Å². The van der Waals surface area contributed by atoms with Gasteiger partial charge in [0.1, 0.15) is 0 Å². The molecule has 0 radical (unpaired) electrons. The number of hydrogen-bond acceptors (Lipinski definition) is 3. The summed E-state index contributed by atoms with van der Waals surface area (Å²) >= 11 is 0. The van der Waals surface area contributed by atoms with Gasteiger partial charge in [-0.1, -0.05) is 12.1 Å². The lowest BCUT2D eigenvalue weighted by Crippen LogP contribution is -2.48. The predicted octanol–water partition coefficient (Wildman–Crippen LogP) is 1.40. The van der Waals surface area contributed by atoms with Gasteiger partial charge in [-0.2, -0.15) is 0 Å². The number of fused-ring (bicyclic) bond motifs is 3. The fraction of sp³-hybridized carbons (Fsp3) is 0.571. The smallest absolute Gasteiger partial charge is 0.0644 e. The molecule has 1 fully saturated rings. The van der Waals surface area contributed by atoms with Gasteiger partial charge in [0.2, 0.25) is 0 Å². The minimum atomic E-state index is 0.713. The molecule has 2 atom stereocenters. The highest BCUT2D eigenvalue weighted by Crippen LogP contribution is 2.49. The zero-order chi connectivity index (χ0) is 11.4. The summed E-state index contributed by atoms with van der Waals surface area (Å²) in [6, 6.07) is 7.59. The Morgan fingerprint density at radius 1 is 1.29 bits per heavy atom. The molecule has 0 aromatic heterocycles. The number of benzene rings is 1. The molecule has 1 aromatic rings. The number of hydrogen-bond donors (Lipinski definition) is 1. The van der Waals surface area contributed by atoms with E-state index in [0.717, 1.165) is 19.1 Å². The first-order valence-electron chi connectivity index (χ1n) is 6.67. The van der Waals surface area contributed by atoms with Gasteiger partial charge in [-0.3, -0.25) is 0 Å². The van der Waals surface area contributed by atoms with Crippen LogP contribution in [0.2, 0.25) is 0 Å². The molecular weight excluding hydrogens is 210 g/mol. The molecule has 0 bridgehead atoms. The van der Waals surface area contributed by atoms with Gasteiger partial charge in [-0.15, -0.1) is 0 Å². The van der Waals surface area contributed by atoms with Crippen LogP contribution in [0.4, 0.5) is 11.4 Å². The summed E-state index contributed by atoms with van der Waals surface area (Å²) in [6.07, 6.45) is 1.29. The van der Waals surface area contributed by atoms with Gasteiger partial charge in [-0.25, -0.2) is 0 Å². The van der Waals surface area contributed by atoms with E-state index < -0.39 is 0 Å². The van der Waals surface area contributed by atoms with E-state index in [1.807, 2.05) is 0 Å². The van der Waals surface area contributed by atoms with Gasteiger partial charge in [0, 0.05) is 38.6 Å². The Morgan fingerprint density at radius 3 is 3.18 bits per heavy atom. The average Bonchev–Trinajstić information content (AvgIpc) is 2.70. The van der Waals surface area contributed by atoms with Gasteiger partial charge in [0.25, 0.3) is 0 Å². The van der Waals surface area contributed by atoms with Gasteiger partial charge in [0.05, 0.1) is 11.4 Å². The third-order valence-corrected chi connectivity index (χ3v) is 4.67. The number of nitrogens with one attached hydrogen (secondary N) is 1. The van der Waals surface area contributed by atoms with Gasteiger partial charge >= 0.3 is 0 Å². The van der Waals surface area contributed by atoms with Crippen LogP contribution in [0.25, 0.3) is 0 Å². The molecule has 90 valence electrons. The maximum Gasteiger partial charge on any atom is 0.0644 e. The summed E-state index contributed by atoms with van der Waals surface area (Å²) < 4.78 is 0.